The Hall–Kier alpha value is -2.18. The third-order valence-electron chi connectivity index (χ3n) is 6.02. The van der Waals surface area contributed by atoms with Gasteiger partial charge in [0.1, 0.15) is 19.0 Å². The quantitative estimate of drug-likeness (QED) is 0.146. The fourth-order valence-corrected chi connectivity index (χ4v) is 3.91. The summed E-state index contributed by atoms with van der Waals surface area (Å²) in [5, 5.41) is 0. The summed E-state index contributed by atoms with van der Waals surface area (Å²) in [7, 11) is 0. The molecule has 6 nitrogen and oxygen atoms in total. The van der Waals surface area contributed by atoms with Crippen molar-refractivity contribution in [2.75, 3.05) is 39.6 Å². The standard InChI is InChI=1S/C30H48N2O4/c1-3-5-7-9-11-15-19-33-21-23-35-27-25-31-30(32-26-27)28-17-13-14-18-29(28)36-24-22-34-20-16-12-10-8-6-4-2/h13-14,17-18,25-26H,3-12,15-16,19-24H2,1-2H3. The maximum atomic E-state index is 5.97. The SMILES string of the molecule is CCCCCCCCOCCOc1cnc(-c2ccccc2OCCOCCCCCCCC)nc1. The summed E-state index contributed by atoms with van der Waals surface area (Å²) in [6, 6.07) is 7.83. The van der Waals surface area contributed by atoms with Crippen LogP contribution in [0.1, 0.15) is 90.9 Å². The summed E-state index contributed by atoms with van der Waals surface area (Å²) in [6.07, 6.45) is 18.6. The second-order valence-corrected chi connectivity index (χ2v) is 9.20. The zero-order valence-corrected chi connectivity index (χ0v) is 22.7. The minimum atomic E-state index is 0.497. The molecule has 0 fully saturated rings. The Labute approximate surface area is 219 Å². The molecule has 1 heterocycles. The molecule has 0 bridgehead atoms. The van der Waals surface area contributed by atoms with Crippen LogP contribution in [0.5, 0.6) is 11.5 Å². The lowest BCUT2D eigenvalue weighted by atomic mass is 10.1. The first-order valence-corrected chi connectivity index (χ1v) is 14.2. The molecule has 0 saturated carbocycles. The van der Waals surface area contributed by atoms with Gasteiger partial charge in [-0.05, 0) is 25.0 Å². The number of hydrogen-bond acceptors (Lipinski definition) is 6. The van der Waals surface area contributed by atoms with E-state index in [1.165, 1.54) is 64.2 Å². The Kier molecular flexibility index (Phi) is 17.5. The molecule has 202 valence electrons. The van der Waals surface area contributed by atoms with Gasteiger partial charge in [0.15, 0.2) is 11.6 Å². The lowest BCUT2D eigenvalue weighted by Crippen LogP contribution is -2.09. The molecule has 0 spiro atoms. The maximum Gasteiger partial charge on any atom is 0.163 e. The molecule has 1 aromatic heterocycles. The molecule has 1 aromatic carbocycles. The largest absolute Gasteiger partial charge is 0.490 e. The normalized spacial score (nSPS) is 11.1. The Morgan fingerprint density at radius 2 is 1.08 bits per heavy atom. The van der Waals surface area contributed by atoms with Crippen LogP contribution in [0.25, 0.3) is 11.4 Å². The van der Waals surface area contributed by atoms with E-state index >= 15 is 0 Å². The lowest BCUT2D eigenvalue weighted by Gasteiger charge is -2.11. The number of para-hydroxylation sites is 1. The van der Waals surface area contributed by atoms with E-state index in [0.717, 1.165) is 37.4 Å². The molecule has 2 rings (SSSR count). The van der Waals surface area contributed by atoms with Crippen LogP contribution >= 0.6 is 0 Å². The Balaban J connectivity index is 1.62. The zero-order valence-electron chi connectivity index (χ0n) is 22.7. The van der Waals surface area contributed by atoms with E-state index in [1.807, 2.05) is 24.3 Å². The van der Waals surface area contributed by atoms with Crippen molar-refractivity contribution >= 4 is 0 Å². The number of aromatic nitrogens is 2. The van der Waals surface area contributed by atoms with E-state index in [1.54, 1.807) is 12.4 Å². The molecular weight excluding hydrogens is 452 g/mol. The molecule has 0 radical (unpaired) electrons. The number of hydrogen-bond donors (Lipinski definition) is 0. The van der Waals surface area contributed by atoms with Crippen molar-refractivity contribution in [3.63, 3.8) is 0 Å². The fraction of sp³-hybridized carbons (Fsp3) is 0.667. The van der Waals surface area contributed by atoms with Gasteiger partial charge in [-0.1, -0.05) is 90.2 Å². The minimum Gasteiger partial charge on any atom is -0.490 e. The minimum absolute atomic E-state index is 0.497. The highest BCUT2D eigenvalue weighted by molar-refractivity contribution is 5.63. The van der Waals surface area contributed by atoms with E-state index in [9.17, 15) is 0 Å². The summed E-state index contributed by atoms with van der Waals surface area (Å²) >= 11 is 0. The molecule has 2 aromatic rings. The Morgan fingerprint density at radius 3 is 1.69 bits per heavy atom. The average Bonchev–Trinajstić information content (AvgIpc) is 2.91. The van der Waals surface area contributed by atoms with E-state index in [2.05, 4.69) is 23.8 Å². The number of benzene rings is 1. The van der Waals surface area contributed by atoms with Gasteiger partial charge < -0.3 is 18.9 Å². The highest BCUT2D eigenvalue weighted by Crippen LogP contribution is 2.27. The van der Waals surface area contributed by atoms with E-state index in [-0.39, 0.29) is 0 Å². The van der Waals surface area contributed by atoms with Gasteiger partial charge in [0, 0.05) is 13.2 Å². The van der Waals surface area contributed by atoms with Crippen molar-refractivity contribution in [1.82, 2.24) is 9.97 Å². The molecule has 0 aliphatic carbocycles. The van der Waals surface area contributed by atoms with E-state index in [0.29, 0.717) is 38.0 Å². The second kappa shape index (κ2) is 21.0. The predicted molar refractivity (Wildman–Crippen MR) is 147 cm³/mol. The summed E-state index contributed by atoms with van der Waals surface area (Å²) in [6.45, 7) is 8.24. The molecule has 0 atom stereocenters. The number of rotatable bonds is 23. The van der Waals surface area contributed by atoms with Crippen LogP contribution in [0, 0.1) is 0 Å². The van der Waals surface area contributed by atoms with Crippen LogP contribution in [0.2, 0.25) is 0 Å². The second-order valence-electron chi connectivity index (χ2n) is 9.20. The van der Waals surface area contributed by atoms with Crippen LogP contribution in [-0.4, -0.2) is 49.6 Å². The van der Waals surface area contributed by atoms with Crippen LogP contribution in [-0.2, 0) is 9.47 Å². The van der Waals surface area contributed by atoms with E-state index < -0.39 is 0 Å². The van der Waals surface area contributed by atoms with Gasteiger partial charge in [0.2, 0.25) is 0 Å². The third-order valence-corrected chi connectivity index (χ3v) is 6.02. The first-order valence-electron chi connectivity index (χ1n) is 14.2. The van der Waals surface area contributed by atoms with Gasteiger partial charge in [0.25, 0.3) is 0 Å². The van der Waals surface area contributed by atoms with Gasteiger partial charge >= 0.3 is 0 Å². The van der Waals surface area contributed by atoms with Crippen molar-refractivity contribution in [1.29, 1.82) is 0 Å². The topological polar surface area (TPSA) is 62.7 Å². The zero-order chi connectivity index (χ0) is 25.5. The lowest BCUT2D eigenvalue weighted by molar-refractivity contribution is 0.0967. The smallest absolute Gasteiger partial charge is 0.163 e. The average molecular weight is 501 g/mol. The first kappa shape index (κ1) is 30.0. The fourth-order valence-electron chi connectivity index (χ4n) is 3.91. The molecule has 0 amide bonds. The van der Waals surface area contributed by atoms with Crippen molar-refractivity contribution < 1.29 is 18.9 Å². The van der Waals surface area contributed by atoms with Gasteiger partial charge in [-0.25, -0.2) is 9.97 Å². The molecule has 0 aliphatic heterocycles. The number of unbranched alkanes of at least 4 members (excludes halogenated alkanes) is 10. The molecule has 0 saturated heterocycles. The monoisotopic (exact) mass is 500 g/mol. The Bertz CT molecular complexity index is 770. The molecule has 36 heavy (non-hydrogen) atoms. The number of nitrogens with zero attached hydrogens (tertiary/aromatic N) is 2. The Morgan fingerprint density at radius 1 is 0.556 bits per heavy atom. The maximum absolute atomic E-state index is 5.97. The summed E-state index contributed by atoms with van der Waals surface area (Å²) in [5.41, 5.74) is 0.863. The van der Waals surface area contributed by atoms with Crippen molar-refractivity contribution in [3.05, 3.63) is 36.7 Å². The molecule has 0 unspecified atom stereocenters. The molecule has 0 aliphatic rings. The van der Waals surface area contributed by atoms with Gasteiger partial charge in [0.05, 0.1) is 31.2 Å². The van der Waals surface area contributed by atoms with Crippen LogP contribution in [0.3, 0.4) is 0 Å². The summed E-state index contributed by atoms with van der Waals surface area (Å²) < 4.78 is 23.1. The van der Waals surface area contributed by atoms with Crippen molar-refractivity contribution in [2.45, 2.75) is 90.9 Å². The molecular formula is C30H48N2O4. The van der Waals surface area contributed by atoms with Gasteiger partial charge in [-0.15, -0.1) is 0 Å². The molecule has 6 heteroatoms. The summed E-state index contributed by atoms with van der Waals surface area (Å²) in [5.74, 6) is 2.02. The highest BCUT2D eigenvalue weighted by atomic mass is 16.5. The molecule has 0 N–H and O–H groups in total. The van der Waals surface area contributed by atoms with Crippen LogP contribution in [0.4, 0.5) is 0 Å². The predicted octanol–water partition coefficient (Wildman–Crippen LogP) is 7.66. The van der Waals surface area contributed by atoms with Gasteiger partial charge in [-0.3, -0.25) is 0 Å². The van der Waals surface area contributed by atoms with E-state index in [4.69, 9.17) is 18.9 Å². The summed E-state index contributed by atoms with van der Waals surface area (Å²) in [4.78, 5) is 8.97. The third kappa shape index (κ3) is 13.8. The highest BCUT2D eigenvalue weighted by Gasteiger charge is 2.09. The van der Waals surface area contributed by atoms with Crippen LogP contribution < -0.4 is 9.47 Å². The van der Waals surface area contributed by atoms with Gasteiger partial charge in [-0.2, -0.15) is 0 Å². The van der Waals surface area contributed by atoms with Crippen LogP contribution in [0.15, 0.2) is 36.7 Å². The van der Waals surface area contributed by atoms with Crippen molar-refractivity contribution in [2.24, 2.45) is 0 Å². The number of ether oxygens (including phenoxy) is 4. The van der Waals surface area contributed by atoms with Crippen molar-refractivity contribution in [3.8, 4) is 22.9 Å². The first-order chi connectivity index (χ1) is 17.8.